The Morgan fingerprint density at radius 2 is 1.44 bits per heavy atom. The van der Waals surface area contributed by atoms with E-state index in [1.165, 1.54) is 0 Å². The summed E-state index contributed by atoms with van der Waals surface area (Å²) in [6, 6.07) is 0. The standard InChI is InChI=1S/C7H16O2/c1-5(8)6(9)7(2,3)4/h5-6,8-9H,1-4H3/t5?,6-/m1/s1. The van der Waals surface area contributed by atoms with E-state index in [1.54, 1.807) is 6.92 Å². The molecule has 9 heavy (non-hydrogen) atoms. The highest BCUT2D eigenvalue weighted by Gasteiger charge is 2.25. The zero-order chi connectivity index (χ0) is 7.65. The molecule has 0 fully saturated rings. The van der Waals surface area contributed by atoms with Gasteiger partial charge in [-0.2, -0.15) is 0 Å². The van der Waals surface area contributed by atoms with Crippen molar-refractivity contribution in [2.45, 2.75) is 39.9 Å². The van der Waals surface area contributed by atoms with Gasteiger partial charge in [0.05, 0.1) is 12.2 Å². The molecule has 0 spiro atoms. The Bertz CT molecular complexity index is 81.4. The summed E-state index contributed by atoms with van der Waals surface area (Å²) in [5.41, 5.74) is -0.214. The number of aliphatic hydroxyl groups is 2. The summed E-state index contributed by atoms with van der Waals surface area (Å²) in [5, 5.41) is 18.1. The van der Waals surface area contributed by atoms with Crippen molar-refractivity contribution in [1.82, 2.24) is 0 Å². The topological polar surface area (TPSA) is 40.5 Å². The molecular formula is C7H16O2. The molecule has 2 N–H and O–H groups in total. The number of aliphatic hydroxyl groups excluding tert-OH is 2. The molecule has 0 radical (unpaired) electrons. The third-order valence-electron chi connectivity index (χ3n) is 1.34. The van der Waals surface area contributed by atoms with Crippen molar-refractivity contribution in [3.63, 3.8) is 0 Å². The molecule has 0 saturated heterocycles. The van der Waals surface area contributed by atoms with Crippen molar-refractivity contribution in [3.05, 3.63) is 0 Å². The molecule has 0 aromatic rings. The third kappa shape index (κ3) is 2.82. The van der Waals surface area contributed by atoms with Gasteiger partial charge >= 0.3 is 0 Å². The first kappa shape index (κ1) is 8.92. The van der Waals surface area contributed by atoms with Gasteiger partial charge in [0.15, 0.2) is 0 Å². The van der Waals surface area contributed by atoms with Gasteiger partial charge in [-0.25, -0.2) is 0 Å². The summed E-state index contributed by atoms with van der Waals surface area (Å²) >= 11 is 0. The summed E-state index contributed by atoms with van der Waals surface area (Å²) in [6.45, 7) is 7.27. The van der Waals surface area contributed by atoms with Crippen molar-refractivity contribution >= 4 is 0 Å². The Hall–Kier alpha value is -0.0800. The van der Waals surface area contributed by atoms with Crippen LogP contribution >= 0.6 is 0 Å². The van der Waals surface area contributed by atoms with Crippen molar-refractivity contribution < 1.29 is 10.2 Å². The Morgan fingerprint density at radius 3 is 1.44 bits per heavy atom. The summed E-state index contributed by atoms with van der Waals surface area (Å²) in [7, 11) is 0. The molecule has 2 atom stereocenters. The first-order chi connectivity index (χ1) is 3.85. The minimum atomic E-state index is -0.634. The summed E-state index contributed by atoms with van der Waals surface area (Å²) < 4.78 is 0. The van der Waals surface area contributed by atoms with Crippen LogP contribution in [0, 0.1) is 5.41 Å². The van der Waals surface area contributed by atoms with Crippen LogP contribution in [0.15, 0.2) is 0 Å². The number of hydrogen-bond acceptors (Lipinski definition) is 2. The molecule has 0 saturated carbocycles. The minimum absolute atomic E-state index is 0.214. The van der Waals surface area contributed by atoms with Gasteiger partial charge in [-0.05, 0) is 12.3 Å². The van der Waals surface area contributed by atoms with Crippen LogP contribution < -0.4 is 0 Å². The largest absolute Gasteiger partial charge is 0.391 e. The monoisotopic (exact) mass is 132 g/mol. The second-order valence-electron chi connectivity index (χ2n) is 3.55. The molecule has 0 aliphatic heterocycles. The molecular weight excluding hydrogens is 116 g/mol. The summed E-state index contributed by atoms with van der Waals surface area (Å²) in [4.78, 5) is 0. The lowest BCUT2D eigenvalue weighted by Gasteiger charge is -2.27. The van der Waals surface area contributed by atoms with E-state index in [1.807, 2.05) is 20.8 Å². The third-order valence-corrected chi connectivity index (χ3v) is 1.34. The van der Waals surface area contributed by atoms with Crippen molar-refractivity contribution in [2.24, 2.45) is 5.41 Å². The highest BCUT2D eigenvalue weighted by molar-refractivity contribution is 4.76. The highest BCUT2D eigenvalue weighted by atomic mass is 16.3. The lowest BCUT2D eigenvalue weighted by Crippen LogP contribution is -2.35. The fraction of sp³-hybridized carbons (Fsp3) is 1.00. The Balaban J connectivity index is 3.88. The van der Waals surface area contributed by atoms with Crippen LogP contribution in [0.4, 0.5) is 0 Å². The first-order valence-electron chi connectivity index (χ1n) is 3.22. The first-order valence-corrected chi connectivity index (χ1v) is 3.22. The number of hydrogen-bond donors (Lipinski definition) is 2. The molecule has 0 heterocycles. The molecule has 0 aliphatic carbocycles. The van der Waals surface area contributed by atoms with Gasteiger partial charge in [-0.1, -0.05) is 20.8 Å². The van der Waals surface area contributed by atoms with E-state index < -0.39 is 12.2 Å². The van der Waals surface area contributed by atoms with E-state index in [4.69, 9.17) is 5.11 Å². The van der Waals surface area contributed by atoms with Crippen molar-refractivity contribution in [3.8, 4) is 0 Å². The maximum atomic E-state index is 9.21. The van der Waals surface area contributed by atoms with Gasteiger partial charge in [-0.15, -0.1) is 0 Å². The van der Waals surface area contributed by atoms with Gasteiger partial charge in [0.25, 0.3) is 0 Å². The Kier molecular flexibility index (Phi) is 2.65. The Morgan fingerprint density at radius 1 is 1.11 bits per heavy atom. The van der Waals surface area contributed by atoms with Crippen LogP contribution in [0.1, 0.15) is 27.7 Å². The van der Waals surface area contributed by atoms with E-state index in [2.05, 4.69) is 0 Å². The van der Waals surface area contributed by atoms with Crippen LogP contribution in [-0.2, 0) is 0 Å². The molecule has 56 valence electrons. The lowest BCUT2D eigenvalue weighted by molar-refractivity contribution is -0.0350. The SMILES string of the molecule is CC(O)[C@@H](O)C(C)(C)C. The van der Waals surface area contributed by atoms with Gasteiger partial charge in [0, 0.05) is 0 Å². The van der Waals surface area contributed by atoms with Crippen LogP contribution in [0.2, 0.25) is 0 Å². The second-order valence-corrected chi connectivity index (χ2v) is 3.55. The quantitative estimate of drug-likeness (QED) is 0.553. The predicted molar refractivity (Wildman–Crippen MR) is 37.1 cm³/mol. The maximum Gasteiger partial charge on any atom is 0.0844 e. The van der Waals surface area contributed by atoms with Crippen molar-refractivity contribution in [2.75, 3.05) is 0 Å². The average Bonchev–Trinajstić information content (AvgIpc) is 1.62. The van der Waals surface area contributed by atoms with Gasteiger partial charge < -0.3 is 10.2 Å². The minimum Gasteiger partial charge on any atom is -0.391 e. The van der Waals surface area contributed by atoms with Crippen LogP contribution in [0.25, 0.3) is 0 Å². The van der Waals surface area contributed by atoms with E-state index in [0.29, 0.717) is 0 Å². The normalized spacial score (nSPS) is 19.3. The Labute approximate surface area is 56.5 Å². The molecule has 2 heteroatoms. The fourth-order valence-electron chi connectivity index (χ4n) is 0.724. The van der Waals surface area contributed by atoms with Gasteiger partial charge in [0.1, 0.15) is 0 Å². The lowest BCUT2D eigenvalue weighted by atomic mass is 9.86. The molecule has 0 aliphatic rings. The smallest absolute Gasteiger partial charge is 0.0844 e. The number of rotatable bonds is 1. The van der Waals surface area contributed by atoms with Gasteiger partial charge in [0.2, 0.25) is 0 Å². The molecule has 0 aromatic carbocycles. The molecule has 0 amide bonds. The van der Waals surface area contributed by atoms with Crippen LogP contribution in [0.3, 0.4) is 0 Å². The maximum absolute atomic E-state index is 9.21. The summed E-state index contributed by atoms with van der Waals surface area (Å²) in [6.07, 6.45) is -1.26. The average molecular weight is 132 g/mol. The zero-order valence-corrected chi connectivity index (χ0v) is 6.55. The molecule has 2 nitrogen and oxygen atoms in total. The van der Waals surface area contributed by atoms with E-state index in [-0.39, 0.29) is 5.41 Å². The second kappa shape index (κ2) is 2.67. The van der Waals surface area contributed by atoms with Crippen LogP contribution in [0.5, 0.6) is 0 Å². The van der Waals surface area contributed by atoms with E-state index in [9.17, 15) is 5.11 Å². The molecule has 1 unspecified atom stereocenters. The zero-order valence-electron chi connectivity index (χ0n) is 6.55. The molecule has 0 rings (SSSR count). The van der Waals surface area contributed by atoms with Crippen molar-refractivity contribution in [1.29, 1.82) is 0 Å². The van der Waals surface area contributed by atoms with Crippen LogP contribution in [-0.4, -0.2) is 22.4 Å². The fourth-order valence-corrected chi connectivity index (χ4v) is 0.724. The molecule has 0 aromatic heterocycles. The van der Waals surface area contributed by atoms with E-state index in [0.717, 1.165) is 0 Å². The van der Waals surface area contributed by atoms with Gasteiger partial charge in [-0.3, -0.25) is 0 Å². The predicted octanol–water partition coefficient (Wildman–Crippen LogP) is 0.774. The molecule has 0 bridgehead atoms. The summed E-state index contributed by atoms with van der Waals surface area (Å²) in [5.74, 6) is 0. The highest BCUT2D eigenvalue weighted by Crippen LogP contribution is 2.21. The van der Waals surface area contributed by atoms with E-state index >= 15 is 0 Å².